The number of nitrogens with one attached hydrogen (secondary N) is 1. The van der Waals surface area contributed by atoms with E-state index >= 15 is 0 Å². The van der Waals surface area contributed by atoms with Gasteiger partial charge in [-0.2, -0.15) is 0 Å². The van der Waals surface area contributed by atoms with Crippen molar-refractivity contribution in [1.29, 1.82) is 0 Å². The van der Waals surface area contributed by atoms with E-state index in [9.17, 15) is 9.59 Å². The molecule has 1 aliphatic heterocycles. The molecule has 0 bridgehead atoms. The number of carbonyl (C=O) groups is 2. The van der Waals surface area contributed by atoms with Crippen LogP contribution in [-0.4, -0.2) is 49.1 Å². The molecule has 1 aliphatic rings. The lowest BCUT2D eigenvalue weighted by Crippen LogP contribution is -2.38. The smallest absolute Gasteiger partial charge is 0.260 e. The van der Waals surface area contributed by atoms with Crippen LogP contribution in [0.5, 0.6) is 11.5 Å². The van der Waals surface area contributed by atoms with Crippen LogP contribution in [0.2, 0.25) is 0 Å². The molecule has 0 radical (unpaired) electrons. The third kappa shape index (κ3) is 6.02. The van der Waals surface area contributed by atoms with Crippen molar-refractivity contribution in [3.63, 3.8) is 0 Å². The van der Waals surface area contributed by atoms with Gasteiger partial charge in [0.2, 0.25) is 0 Å². The summed E-state index contributed by atoms with van der Waals surface area (Å²) in [5, 5.41) is 2.96. The Morgan fingerprint density at radius 2 is 1.93 bits per heavy atom. The molecule has 30 heavy (non-hydrogen) atoms. The molecule has 2 aromatic rings. The van der Waals surface area contributed by atoms with Crippen LogP contribution in [0.15, 0.2) is 41.0 Å². The highest BCUT2D eigenvalue weighted by atomic mass is 16.5. The fourth-order valence-corrected chi connectivity index (χ4v) is 3.50. The molecule has 0 aliphatic carbocycles. The first-order chi connectivity index (χ1) is 14.6. The zero-order chi connectivity index (χ0) is 21.3. The molecule has 0 saturated carbocycles. The minimum atomic E-state index is -0.203. The number of carbonyl (C=O) groups excluding carboxylic acids is 2. The summed E-state index contributed by atoms with van der Waals surface area (Å²) in [6.07, 6.45) is 5.48. The maximum absolute atomic E-state index is 12.6. The molecule has 1 saturated heterocycles. The zero-order valence-corrected chi connectivity index (χ0v) is 17.7. The number of furan rings is 1. The van der Waals surface area contributed by atoms with E-state index in [4.69, 9.17) is 13.9 Å². The van der Waals surface area contributed by atoms with Gasteiger partial charge in [-0.1, -0.05) is 0 Å². The monoisotopic (exact) mass is 414 g/mol. The van der Waals surface area contributed by atoms with Gasteiger partial charge in [-0.25, -0.2) is 0 Å². The Morgan fingerprint density at radius 3 is 2.63 bits per heavy atom. The number of likely N-dealkylation sites (tertiary alicyclic amines) is 1. The normalized spacial score (nSPS) is 14.8. The average molecular weight is 415 g/mol. The van der Waals surface area contributed by atoms with Gasteiger partial charge in [0.15, 0.2) is 18.1 Å². The Bertz CT molecular complexity index is 828. The molecule has 7 nitrogen and oxygen atoms in total. The summed E-state index contributed by atoms with van der Waals surface area (Å²) in [5.74, 6) is 1.51. The lowest BCUT2D eigenvalue weighted by molar-refractivity contribution is -0.134. The third-order valence-corrected chi connectivity index (χ3v) is 5.03. The van der Waals surface area contributed by atoms with Crippen molar-refractivity contribution >= 4 is 11.8 Å². The molecule has 162 valence electrons. The van der Waals surface area contributed by atoms with Crippen LogP contribution in [0, 0.1) is 0 Å². The number of benzene rings is 1. The summed E-state index contributed by atoms with van der Waals surface area (Å²) in [4.78, 5) is 26.8. The number of nitrogens with zero attached hydrogens (tertiary/aromatic N) is 1. The lowest BCUT2D eigenvalue weighted by atomic mass is 10.1. The summed E-state index contributed by atoms with van der Waals surface area (Å²) in [7, 11) is 0. The van der Waals surface area contributed by atoms with Crippen molar-refractivity contribution in [3.8, 4) is 11.5 Å². The van der Waals surface area contributed by atoms with Crippen LogP contribution in [0.3, 0.4) is 0 Å². The van der Waals surface area contributed by atoms with Gasteiger partial charge in [-0.15, -0.1) is 0 Å². The highest BCUT2D eigenvalue weighted by Gasteiger charge is 2.19. The fraction of sp³-hybridized carbons (Fsp3) is 0.478. The Kier molecular flexibility index (Phi) is 7.76. The number of amides is 2. The largest absolute Gasteiger partial charge is 0.490 e. The van der Waals surface area contributed by atoms with Crippen LogP contribution in [-0.2, 0) is 11.2 Å². The predicted molar refractivity (Wildman–Crippen MR) is 113 cm³/mol. The second-order valence-corrected chi connectivity index (χ2v) is 7.48. The van der Waals surface area contributed by atoms with Crippen molar-refractivity contribution in [1.82, 2.24) is 10.2 Å². The summed E-state index contributed by atoms with van der Waals surface area (Å²) >= 11 is 0. The molecule has 1 aromatic heterocycles. The molecule has 1 aromatic carbocycles. The Balaban J connectivity index is 1.60. The maximum atomic E-state index is 12.6. The highest BCUT2D eigenvalue weighted by molar-refractivity contribution is 5.95. The van der Waals surface area contributed by atoms with Gasteiger partial charge >= 0.3 is 0 Å². The number of hydrogen-bond donors (Lipinski definition) is 1. The van der Waals surface area contributed by atoms with Crippen LogP contribution in [0.1, 0.15) is 49.2 Å². The van der Waals surface area contributed by atoms with E-state index in [0.29, 0.717) is 30.1 Å². The Labute approximate surface area is 177 Å². The molecule has 1 fully saturated rings. The van der Waals surface area contributed by atoms with E-state index in [2.05, 4.69) is 5.32 Å². The van der Waals surface area contributed by atoms with Crippen molar-refractivity contribution in [2.75, 3.05) is 26.3 Å². The first-order valence-corrected chi connectivity index (χ1v) is 10.6. The predicted octanol–water partition coefficient (Wildman–Crippen LogP) is 3.43. The quantitative estimate of drug-likeness (QED) is 0.680. The molecule has 7 heteroatoms. The van der Waals surface area contributed by atoms with Gasteiger partial charge in [-0.3, -0.25) is 9.59 Å². The maximum Gasteiger partial charge on any atom is 0.260 e. The minimum absolute atomic E-state index is 0.0225. The molecule has 1 N–H and O–H groups in total. The molecule has 1 atom stereocenters. The second-order valence-electron chi connectivity index (χ2n) is 7.48. The van der Waals surface area contributed by atoms with Gasteiger partial charge in [0.1, 0.15) is 5.76 Å². The third-order valence-electron chi connectivity index (χ3n) is 5.03. The number of rotatable bonds is 9. The van der Waals surface area contributed by atoms with E-state index in [1.165, 1.54) is 6.42 Å². The summed E-state index contributed by atoms with van der Waals surface area (Å²) in [6, 6.07) is 8.63. The number of piperidine rings is 1. The van der Waals surface area contributed by atoms with E-state index in [-0.39, 0.29) is 24.5 Å². The van der Waals surface area contributed by atoms with Gasteiger partial charge in [-0.05, 0) is 63.4 Å². The van der Waals surface area contributed by atoms with E-state index in [1.54, 1.807) is 24.5 Å². The summed E-state index contributed by atoms with van der Waals surface area (Å²) < 4.78 is 16.7. The van der Waals surface area contributed by atoms with E-state index < -0.39 is 0 Å². The van der Waals surface area contributed by atoms with Crippen LogP contribution < -0.4 is 14.8 Å². The number of ether oxygens (including phenoxy) is 2. The molecule has 1 unspecified atom stereocenters. The second kappa shape index (κ2) is 10.7. The summed E-state index contributed by atoms with van der Waals surface area (Å²) in [6.45, 7) is 5.75. The molecule has 3 rings (SSSR count). The lowest BCUT2D eigenvalue weighted by Gasteiger charge is -2.26. The van der Waals surface area contributed by atoms with Crippen molar-refractivity contribution in [3.05, 3.63) is 47.9 Å². The molecule has 2 amide bonds. The van der Waals surface area contributed by atoms with Crippen LogP contribution >= 0.6 is 0 Å². The highest BCUT2D eigenvalue weighted by Crippen LogP contribution is 2.29. The molecule has 0 spiro atoms. The topological polar surface area (TPSA) is 81.0 Å². The zero-order valence-electron chi connectivity index (χ0n) is 17.7. The minimum Gasteiger partial charge on any atom is -0.490 e. The first kappa shape index (κ1) is 21.7. The van der Waals surface area contributed by atoms with Crippen LogP contribution in [0.4, 0.5) is 0 Å². The van der Waals surface area contributed by atoms with Gasteiger partial charge in [0.05, 0.1) is 12.9 Å². The standard InChI is InChI=1S/C23H30N2O5/c1-3-28-21-15-18(23(27)24-17(2)14-19-8-7-13-29-19)9-10-20(21)30-16-22(26)25-11-5-4-6-12-25/h7-10,13,15,17H,3-6,11-12,14,16H2,1-2H3,(H,24,27). The Hall–Kier alpha value is -2.96. The van der Waals surface area contributed by atoms with Crippen molar-refractivity contribution < 1.29 is 23.5 Å². The molecule has 2 heterocycles. The van der Waals surface area contributed by atoms with Crippen molar-refractivity contribution in [2.24, 2.45) is 0 Å². The SMILES string of the molecule is CCOc1cc(C(=O)NC(C)Cc2ccco2)ccc1OCC(=O)N1CCCCC1. The molecular formula is C23H30N2O5. The fourth-order valence-electron chi connectivity index (χ4n) is 3.50. The van der Waals surface area contributed by atoms with Crippen molar-refractivity contribution in [2.45, 2.75) is 45.6 Å². The van der Waals surface area contributed by atoms with E-state index in [0.717, 1.165) is 31.7 Å². The average Bonchev–Trinajstić information content (AvgIpc) is 3.26. The van der Waals surface area contributed by atoms with Gasteiger partial charge in [0.25, 0.3) is 11.8 Å². The first-order valence-electron chi connectivity index (χ1n) is 10.6. The van der Waals surface area contributed by atoms with Gasteiger partial charge < -0.3 is 24.1 Å². The van der Waals surface area contributed by atoms with Gasteiger partial charge in [0, 0.05) is 31.1 Å². The van der Waals surface area contributed by atoms with Crippen LogP contribution in [0.25, 0.3) is 0 Å². The Morgan fingerprint density at radius 1 is 1.13 bits per heavy atom. The molecular weight excluding hydrogens is 384 g/mol. The van der Waals surface area contributed by atoms with E-state index in [1.807, 2.05) is 30.9 Å². The summed E-state index contributed by atoms with van der Waals surface area (Å²) in [5.41, 5.74) is 0.472. The number of hydrogen-bond acceptors (Lipinski definition) is 5.